The van der Waals surface area contributed by atoms with E-state index in [2.05, 4.69) is 10.6 Å². The molecule has 1 unspecified atom stereocenters. The minimum Gasteiger partial charge on any atom is -0.339 e. The van der Waals surface area contributed by atoms with E-state index in [1.807, 2.05) is 9.80 Å². The van der Waals surface area contributed by atoms with Gasteiger partial charge in [0.2, 0.25) is 11.8 Å². The molecule has 2 aliphatic rings. The summed E-state index contributed by atoms with van der Waals surface area (Å²) in [5.74, 6) is -0.262. The van der Waals surface area contributed by atoms with E-state index < -0.39 is 0 Å². The first-order valence-corrected chi connectivity index (χ1v) is 8.92. The second kappa shape index (κ2) is 8.40. The second-order valence-electron chi connectivity index (χ2n) is 6.66. The van der Waals surface area contributed by atoms with Gasteiger partial charge in [0.1, 0.15) is 5.82 Å². The van der Waals surface area contributed by atoms with E-state index in [1.54, 1.807) is 12.1 Å². The topological polar surface area (TPSA) is 64.7 Å². The van der Waals surface area contributed by atoms with Crippen molar-refractivity contribution in [3.63, 3.8) is 0 Å². The van der Waals surface area contributed by atoms with Crippen LogP contribution >= 0.6 is 0 Å². The molecule has 1 atom stereocenters. The van der Waals surface area contributed by atoms with Crippen LogP contribution in [0.5, 0.6) is 0 Å². The highest BCUT2D eigenvalue weighted by Gasteiger charge is 2.28. The molecule has 0 bridgehead atoms. The molecule has 0 aromatic heterocycles. The minimum atomic E-state index is -0.328. The third kappa shape index (κ3) is 4.99. The number of piperidine rings is 1. The number of nitrogens with one attached hydrogen (secondary N) is 2. The largest absolute Gasteiger partial charge is 0.339 e. The Morgan fingerprint density at radius 1 is 1.12 bits per heavy atom. The van der Waals surface area contributed by atoms with Crippen LogP contribution in [-0.4, -0.2) is 66.9 Å². The van der Waals surface area contributed by atoms with Gasteiger partial charge in [-0.25, -0.2) is 4.39 Å². The van der Waals surface area contributed by atoms with Crippen molar-refractivity contribution in [1.82, 2.24) is 15.1 Å². The Hall–Kier alpha value is -1.99. The summed E-state index contributed by atoms with van der Waals surface area (Å²) in [6, 6.07) is 5.68. The van der Waals surface area contributed by atoms with Gasteiger partial charge in [-0.2, -0.15) is 0 Å². The van der Waals surface area contributed by atoms with E-state index in [9.17, 15) is 14.0 Å². The average molecular weight is 348 g/mol. The lowest BCUT2D eigenvalue weighted by molar-refractivity contribution is -0.135. The van der Waals surface area contributed by atoms with Crippen LogP contribution in [0.15, 0.2) is 24.3 Å². The molecule has 2 heterocycles. The Bertz CT molecular complexity index is 594. The van der Waals surface area contributed by atoms with Crippen LogP contribution < -0.4 is 10.6 Å². The summed E-state index contributed by atoms with van der Waals surface area (Å²) in [6.07, 6.45) is 3.16. The standard InChI is InChI=1S/C18H25FN4O2/c19-14-4-6-15(7-5-14)21-17(24)13-22-9-11-23(12-10-22)18(25)16-3-1-2-8-20-16/h4-7,16,20H,1-3,8-13H2,(H,21,24). The molecule has 3 rings (SSSR count). The molecule has 1 aromatic carbocycles. The van der Waals surface area contributed by atoms with Crippen LogP contribution in [0.3, 0.4) is 0 Å². The number of anilines is 1. The first-order valence-electron chi connectivity index (χ1n) is 8.92. The average Bonchev–Trinajstić information content (AvgIpc) is 2.64. The van der Waals surface area contributed by atoms with Gasteiger partial charge < -0.3 is 15.5 Å². The first kappa shape index (κ1) is 17.8. The van der Waals surface area contributed by atoms with Crippen LogP contribution in [-0.2, 0) is 9.59 Å². The van der Waals surface area contributed by atoms with Crippen molar-refractivity contribution in [3.8, 4) is 0 Å². The zero-order chi connectivity index (χ0) is 17.6. The number of carbonyl (C=O) groups is 2. The van der Waals surface area contributed by atoms with Gasteiger partial charge in [0, 0.05) is 31.9 Å². The number of benzene rings is 1. The lowest BCUT2D eigenvalue weighted by atomic mass is 10.0. The Morgan fingerprint density at radius 2 is 1.84 bits per heavy atom. The molecule has 2 N–H and O–H groups in total. The zero-order valence-corrected chi connectivity index (χ0v) is 14.3. The summed E-state index contributed by atoms with van der Waals surface area (Å²) in [6.45, 7) is 3.88. The third-order valence-corrected chi connectivity index (χ3v) is 4.79. The maximum Gasteiger partial charge on any atom is 0.239 e. The number of amides is 2. The fourth-order valence-corrected chi connectivity index (χ4v) is 3.35. The Morgan fingerprint density at radius 3 is 2.48 bits per heavy atom. The molecule has 2 saturated heterocycles. The maximum absolute atomic E-state index is 12.9. The minimum absolute atomic E-state index is 0.0397. The molecule has 0 spiro atoms. The van der Waals surface area contributed by atoms with Crippen molar-refractivity contribution in [3.05, 3.63) is 30.1 Å². The predicted molar refractivity (Wildman–Crippen MR) is 93.7 cm³/mol. The number of halogens is 1. The predicted octanol–water partition coefficient (Wildman–Crippen LogP) is 1.05. The highest BCUT2D eigenvalue weighted by atomic mass is 19.1. The SMILES string of the molecule is O=C(CN1CCN(C(=O)C2CCCCN2)CC1)Nc1ccc(F)cc1. The fraction of sp³-hybridized carbons (Fsp3) is 0.556. The van der Waals surface area contributed by atoms with Crippen molar-refractivity contribution in [2.24, 2.45) is 0 Å². The molecule has 0 aliphatic carbocycles. The van der Waals surface area contributed by atoms with Crippen molar-refractivity contribution in [2.75, 3.05) is 44.6 Å². The van der Waals surface area contributed by atoms with E-state index in [4.69, 9.17) is 0 Å². The van der Waals surface area contributed by atoms with Crippen LogP contribution in [0.4, 0.5) is 10.1 Å². The normalized spacial score (nSPS) is 21.8. The maximum atomic E-state index is 12.9. The highest BCUT2D eigenvalue weighted by molar-refractivity contribution is 5.92. The monoisotopic (exact) mass is 348 g/mol. The van der Waals surface area contributed by atoms with Gasteiger partial charge in [-0.1, -0.05) is 6.42 Å². The summed E-state index contributed by atoms with van der Waals surface area (Å²) in [7, 11) is 0. The van der Waals surface area contributed by atoms with Gasteiger partial charge in [0.05, 0.1) is 12.6 Å². The molecular formula is C18H25FN4O2. The Balaban J connectivity index is 1.41. The van der Waals surface area contributed by atoms with Gasteiger partial charge >= 0.3 is 0 Å². The van der Waals surface area contributed by atoms with E-state index in [1.165, 1.54) is 12.1 Å². The van der Waals surface area contributed by atoms with Crippen molar-refractivity contribution >= 4 is 17.5 Å². The van der Waals surface area contributed by atoms with Crippen LogP contribution in [0.1, 0.15) is 19.3 Å². The fourth-order valence-electron chi connectivity index (χ4n) is 3.35. The Kier molecular flexibility index (Phi) is 5.99. The van der Waals surface area contributed by atoms with Gasteiger partial charge in [-0.3, -0.25) is 14.5 Å². The van der Waals surface area contributed by atoms with E-state index >= 15 is 0 Å². The number of carbonyl (C=O) groups excluding carboxylic acids is 2. The summed E-state index contributed by atoms with van der Waals surface area (Å²) >= 11 is 0. The van der Waals surface area contributed by atoms with Gasteiger partial charge in [0.25, 0.3) is 0 Å². The quantitative estimate of drug-likeness (QED) is 0.854. The number of nitrogens with zero attached hydrogens (tertiary/aromatic N) is 2. The first-order chi connectivity index (χ1) is 12.1. The van der Waals surface area contributed by atoms with Gasteiger partial charge in [-0.05, 0) is 43.7 Å². The van der Waals surface area contributed by atoms with Gasteiger partial charge in [-0.15, -0.1) is 0 Å². The van der Waals surface area contributed by atoms with E-state index in [0.29, 0.717) is 31.9 Å². The van der Waals surface area contributed by atoms with Crippen molar-refractivity contribution in [2.45, 2.75) is 25.3 Å². The Labute approximate surface area is 147 Å². The molecule has 136 valence electrons. The van der Waals surface area contributed by atoms with E-state index in [-0.39, 0.29) is 30.2 Å². The summed E-state index contributed by atoms with van der Waals surface area (Å²) in [4.78, 5) is 28.5. The summed E-state index contributed by atoms with van der Waals surface area (Å²) < 4.78 is 12.9. The number of rotatable bonds is 4. The van der Waals surface area contributed by atoms with Gasteiger partial charge in [0.15, 0.2) is 0 Å². The van der Waals surface area contributed by atoms with E-state index in [0.717, 1.165) is 25.8 Å². The number of hydrogen-bond acceptors (Lipinski definition) is 4. The zero-order valence-electron chi connectivity index (χ0n) is 14.3. The molecule has 2 aliphatic heterocycles. The molecular weight excluding hydrogens is 323 g/mol. The molecule has 0 saturated carbocycles. The smallest absolute Gasteiger partial charge is 0.239 e. The summed E-state index contributed by atoms with van der Waals surface area (Å²) in [5, 5.41) is 6.06. The second-order valence-corrected chi connectivity index (χ2v) is 6.66. The molecule has 2 fully saturated rings. The van der Waals surface area contributed by atoms with Crippen LogP contribution in [0.25, 0.3) is 0 Å². The lowest BCUT2D eigenvalue weighted by Gasteiger charge is -2.37. The van der Waals surface area contributed by atoms with Crippen molar-refractivity contribution in [1.29, 1.82) is 0 Å². The molecule has 1 aromatic rings. The molecule has 0 radical (unpaired) electrons. The summed E-state index contributed by atoms with van der Waals surface area (Å²) in [5.41, 5.74) is 0.587. The van der Waals surface area contributed by atoms with Crippen LogP contribution in [0.2, 0.25) is 0 Å². The lowest BCUT2D eigenvalue weighted by Crippen LogP contribution is -2.55. The molecule has 6 nitrogen and oxygen atoms in total. The molecule has 25 heavy (non-hydrogen) atoms. The van der Waals surface area contributed by atoms with Crippen molar-refractivity contribution < 1.29 is 14.0 Å². The van der Waals surface area contributed by atoms with Crippen LogP contribution in [0, 0.1) is 5.82 Å². The third-order valence-electron chi connectivity index (χ3n) is 4.79. The highest BCUT2D eigenvalue weighted by Crippen LogP contribution is 2.12. The number of hydrogen-bond donors (Lipinski definition) is 2. The number of piperazine rings is 1. The molecule has 2 amide bonds. The molecule has 7 heteroatoms.